The molecule has 2 aromatic heterocycles. The van der Waals surface area contributed by atoms with Crippen molar-refractivity contribution in [2.45, 2.75) is 76.9 Å². The summed E-state index contributed by atoms with van der Waals surface area (Å²) < 4.78 is 32.9. The van der Waals surface area contributed by atoms with Crippen LogP contribution in [-0.4, -0.2) is 87.0 Å². The quantitative estimate of drug-likeness (QED) is 0.166. The molecule has 5 heterocycles. The van der Waals surface area contributed by atoms with Crippen LogP contribution in [0.15, 0.2) is 89.9 Å². The average molecular weight is 854 g/mol. The van der Waals surface area contributed by atoms with Crippen LogP contribution in [0, 0.1) is 32.4 Å². The van der Waals surface area contributed by atoms with E-state index < -0.39 is 5.60 Å². The third-order valence-electron chi connectivity index (χ3n) is 14.0. The molecule has 0 unspecified atom stereocenters. The number of fused-ring (bicyclic) bond motifs is 4. The van der Waals surface area contributed by atoms with Crippen LogP contribution < -0.4 is 9.80 Å². The predicted octanol–water partition coefficient (Wildman–Crippen LogP) is 9.17. The molecule has 3 aliphatic heterocycles. The number of benzene rings is 4. The standard InChI is InChI=1S/C50H53F2N7O2S/c1-30-32(3)62-49-45(30)47(53-31(2)48-55-54-33(4)59(48)49)34-8-11-38(12-9-34)57-20-18-50(61,19-21-57)29-56-22-24-58(25-23-56)39-13-16-43(44(52)28-39)46-41(35-6-5-7-37(51)26-35)15-10-36-27-40(60)14-17-42(36)46/h5-9,11-14,16-17,26-28,31,41,46,60-61H,10,15,18-25,29H2,1-4H3/t31-,41-,46+/m0/s1. The fraction of sp³-hybridized carbons (Fsp3) is 0.380. The van der Waals surface area contributed by atoms with Crippen molar-refractivity contribution < 1.29 is 19.0 Å². The van der Waals surface area contributed by atoms with E-state index in [9.17, 15) is 14.6 Å². The molecule has 0 radical (unpaired) electrons. The highest BCUT2D eigenvalue weighted by atomic mass is 32.1. The number of β-amino-alcohol motifs (C(OH)–C–C–N with tert-alkyl or cyclic N) is 1. The number of halogens is 2. The summed E-state index contributed by atoms with van der Waals surface area (Å²) in [5.74, 6) is 0.963. The monoisotopic (exact) mass is 853 g/mol. The number of aliphatic hydroxyl groups is 1. The fourth-order valence-electron chi connectivity index (χ4n) is 10.5. The van der Waals surface area contributed by atoms with Crippen LogP contribution in [0.25, 0.3) is 5.00 Å². The van der Waals surface area contributed by atoms with Crippen LogP contribution in [-0.2, 0) is 6.42 Å². The Bertz CT molecular complexity index is 2680. The van der Waals surface area contributed by atoms with Crippen molar-refractivity contribution in [2.75, 3.05) is 55.6 Å². The molecule has 4 aromatic carbocycles. The summed E-state index contributed by atoms with van der Waals surface area (Å²) in [7, 11) is 0. The molecule has 9 nitrogen and oxygen atoms in total. The van der Waals surface area contributed by atoms with Crippen LogP contribution in [0.4, 0.5) is 20.2 Å². The zero-order valence-electron chi connectivity index (χ0n) is 35.8. The fourth-order valence-corrected chi connectivity index (χ4v) is 11.7. The van der Waals surface area contributed by atoms with Gasteiger partial charge in [-0.1, -0.05) is 36.4 Å². The first-order chi connectivity index (χ1) is 29.9. The molecular weight excluding hydrogens is 801 g/mol. The van der Waals surface area contributed by atoms with E-state index in [2.05, 4.69) is 74.5 Å². The van der Waals surface area contributed by atoms with E-state index in [1.807, 2.05) is 31.2 Å². The third-order valence-corrected chi connectivity index (χ3v) is 15.2. The molecule has 6 aromatic rings. The molecule has 0 saturated carbocycles. The van der Waals surface area contributed by atoms with Gasteiger partial charge in [-0.05, 0) is 136 Å². The van der Waals surface area contributed by atoms with Crippen molar-refractivity contribution in [3.05, 3.63) is 152 Å². The second kappa shape index (κ2) is 16.0. The van der Waals surface area contributed by atoms with Gasteiger partial charge in [-0.3, -0.25) is 14.5 Å². The molecule has 12 heteroatoms. The Kier molecular flexibility index (Phi) is 10.5. The molecular formula is C50H53F2N7O2S. The minimum absolute atomic E-state index is 0.0970. The van der Waals surface area contributed by atoms with Gasteiger partial charge in [0.25, 0.3) is 0 Å². The Morgan fingerprint density at radius 1 is 0.806 bits per heavy atom. The molecule has 2 saturated heterocycles. The minimum Gasteiger partial charge on any atom is -0.508 e. The first-order valence-corrected chi connectivity index (χ1v) is 22.8. The lowest BCUT2D eigenvalue weighted by Gasteiger charge is -2.44. The molecule has 2 N–H and O–H groups in total. The van der Waals surface area contributed by atoms with E-state index >= 15 is 4.39 Å². The maximum absolute atomic E-state index is 16.4. The number of thiophene rings is 1. The van der Waals surface area contributed by atoms with Gasteiger partial charge in [0.1, 0.15) is 34.3 Å². The number of anilines is 2. The number of piperazine rings is 1. The zero-order valence-corrected chi connectivity index (χ0v) is 36.6. The minimum atomic E-state index is -0.773. The summed E-state index contributed by atoms with van der Waals surface area (Å²) >= 11 is 1.77. The lowest BCUT2D eigenvalue weighted by molar-refractivity contribution is -0.0173. The van der Waals surface area contributed by atoms with E-state index in [1.54, 1.807) is 41.7 Å². The number of aromatic hydroxyl groups is 1. The molecule has 0 amide bonds. The smallest absolute Gasteiger partial charge is 0.162 e. The Labute approximate surface area is 366 Å². The van der Waals surface area contributed by atoms with Crippen LogP contribution in [0.5, 0.6) is 5.75 Å². The molecule has 1 aliphatic carbocycles. The molecule has 10 rings (SSSR count). The van der Waals surface area contributed by atoms with E-state index in [0.717, 1.165) is 114 Å². The third kappa shape index (κ3) is 7.39. The Morgan fingerprint density at radius 2 is 1.53 bits per heavy atom. The number of nitrogens with zero attached hydrogens (tertiary/aromatic N) is 7. The molecule has 62 heavy (non-hydrogen) atoms. The van der Waals surface area contributed by atoms with E-state index in [0.29, 0.717) is 24.9 Å². The Morgan fingerprint density at radius 3 is 2.27 bits per heavy atom. The number of phenolic OH excluding ortho intramolecular Hbond substituents is 1. The van der Waals surface area contributed by atoms with E-state index in [-0.39, 0.29) is 35.3 Å². The van der Waals surface area contributed by atoms with E-state index in [1.165, 1.54) is 16.5 Å². The topological polar surface area (TPSA) is 93.2 Å². The number of rotatable bonds is 7. The van der Waals surface area contributed by atoms with Gasteiger partial charge in [-0.2, -0.15) is 0 Å². The van der Waals surface area contributed by atoms with Gasteiger partial charge in [0.05, 0.1) is 11.3 Å². The van der Waals surface area contributed by atoms with Gasteiger partial charge in [0, 0.05) is 79.1 Å². The summed E-state index contributed by atoms with van der Waals surface area (Å²) in [6.07, 6.45) is 2.82. The number of hydrogen-bond donors (Lipinski definition) is 2. The second-order valence-corrected chi connectivity index (χ2v) is 19.0. The summed E-state index contributed by atoms with van der Waals surface area (Å²) in [5.41, 5.74) is 9.11. The Balaban J connectivity index is 0.773. The number of piperidine rings is 1. The van der Waals surface area contributed by atoms with Crippen LogP contribution in [0.3, 0.4) is 0 Å². The lowest BCUT2D eigenvalue weighted by atomic mass is 9.69. The summed E-state index contributed by atoms with van der Waals surface area (Å²) in [5, 5.41) is 32.1. The molecule has 0 spiro atoms. The predicted molar refractivity (Wildman–Crippen MR) is 243 cm³/mol. The molecule has 0 bridgehead atoms. The lowest BCUT2D eigenvalue weighted by Crippen LogP contribution is -2.55. The summed E-state index contributed by atoms with van der Waals surface area (Å²) in [4.78, 5) is 13.4. The van der Waals surface area contributed by atoms with Crippen LogP contribution in [0.1, 0.15) is 99.5 Å². The maximum atomic E-state index is 16.4. The van der Waals surface area contributed by atoms with Crippen molar-refractivity contribution in [2.24, 2.45) is 4.99 Å². The molecule has 320 valence electrons. The second-order valence-electron chi connectivity index (χ2n) is 17.8. The highest BCUT2D eigenvalue weighted by Crippen LogP contribution is 2.48. The molecule has 2 fully saturated rings. The van der Waals surface area contributed by atoms with Crippen LogP contribution >= 0.6 is 11.3 Å². The number of hydrogen-bond acceptors (Lipinski definition) is 9. The van der Waals surface area contributed by atoms with Crippen LogP contribution in [0.2, 0.25) is 0 Å². The van der Waals surface area contributed by atoms with Gasteiger partial charge < -0.3 is 20.0 Å². The largest absolute Gasteiger partial charge is 0.508 e. The maximum Gasteiger partial charge on any atom is 0.162 e. The average Bonchev–Trinajstić information content (AvgIpc) is 3.76. The van der Waals surface area contributed by atoms with Crippen molar-refractivity contribution in [1.82, 2.24) is 19.7 Å². The van der Waals surface area contributed by atoms with Gasteiger partial charge in [0.15, 0.2) is 5.82 Å². The van der Waals surface area contributed by atoms with Crippen molar-refractivity contribution in [3.8, 4) is 10.8 Å². The summed E-state index contributed by atoms with van der Waals surface area (Å²) in [6, 6.07) is 26.2. The zero-order chi connectivity index (χ0) is 42.9. The first kappa shape index (κ1) is 40.6. The van der Waals surface area contributed by atoms with Crippen molar-refractivity contribution in [3.63, 3.8) is 0 Å². The van der Waals surface area contributed by atoms with E-state index in [4.69, 9.17) is 4.99 Å². The van der Waals surface area contributed by atoms with Gasteiger partial charge in [-0.15, -0.1) is 21.5 Å². The Hall–Kier alpha value is -5.43. The summed E-state index contributed by atoms with van der Waals surface area (Å²) in [6.45, 7) is 13.6. The van der Waals surface area contributed by atoms with Gasteiger partial charge in [0.2, 0.25) is 0 Å². The number of aromatic nitrogens is 3. The van der Waals surface area contributed by atoms with Gasteiger partial charge >= 0.3 is 0 Å². The highest BCUT2D eigenvalue weighted by molar-refractivity contribution is 7.15. The SMILES string of the molecule is Cc1sc2c(c1C)C(c1ccc(N3CCC(O)(CN4CCN(c5ccc([C@H]6c7ccc(O)cc7CC[C@H]6c6cccc(F)c6)c(F)c5)CC4)CC3)cc1)=N[C@@H](C)c1nnc(C)n1-2. The number of aryl methyl sites for hydroxylation is 3. The highest BCUT2D eigenvalue weighted by Gasteiger charge is 2.37. The number of phenols is 1. The first-order valence-electron chi connectivity index (χ1n) is 22.0. The molecule has 4 aliphatic rings. The van der Waals surface area contributed by atoms with Gasteiger partial charge in [-0.25, -0.2) is 8.78 Å². The normalized spacial score (nSPS) is 21.2. The molecule has 3 atom stereocenters. The number of aliphatic imine (C=N–C) groups is 1. The van der Waals surface area contributed by atoms with Crippen molar-refractivity contribution >= 4 is 28.4 Å². The van der Waals surface area contributed by atoms with Crippen molar-refractivity contribution in [1.29, 1.82) is 0 Å².